The summed E-state index contributed by atoms with van der Waals surface area (Å²) in [6, 6.07) is 4.28. The Balaban J connectivity index is 2.07. The van der Waals surface area contributed by atoms with Gasteiger partial charge < -0.3 is 9.88 Å². The summed E-state index contributed by atoms with van der Waals surface area (Å²) in [5.74, 6) is 0. The zero-order valence-corrected chi connectivity index (χ0v) is 13.3. The number of hydrogen-bond donors (Lipinski definition) is 1. The highest BCUT2D eigenvalue weighted by molar-refractivity contribution is 7.11. The molecule has 0 bridgehead atoms. The Morgan fingerprint density at radius 1 is 1.32 bits per heavy atom. The number of rotatable bonds is 4. The Hall–Kier alpha value is -1.13. The molecule has 0 aliphatic rings. The van der Waals surface area contributed by atoms with E-state index in [0.717, 1.165) is 18.8 Å². The van der Waals surface area contributed by atoms with Gasteiger partial charge in [0.25, 0.3) is 0 Å². The fourth-order valence-electron chi connectivity index (χ4n) is 1.87. The van der Waals surface area contributed by atoms with Crippen LogP contribution in [0, 0.1) is 13.8 Å². The Bertz CT molecular complexity index is 526. The predicted octanol–water partition coefficient (Wildman–Crippen LogP) is 3.50. The van der Waals surface area contributed by atoms with Crippen molar-refractivity contribution in [2.45, 2.75) is 53.2 Å². The van der Waals surface area contributed by atoms with Crippen LogP contribution >= 0.6 is 11.3 Å². The van der Waals surface area contributed by atoms with E-state index in [1.165, 1.54) is 15.6 Å². The molecule has 0 radical (unpaired) electrons. The second kappa shape index (κ2) is 5.47. The quantitative estimate of drug-likeness (QED) is 0.927. The van der Waals surface area contributed by atoms with Crippen molar-refractivity contribution in [2.24, 2.45) is 0 Å². The van der Waals surface area contributed by atoms with E-state index in [1.54, 1.807) is 11.3 Å². The van der Waals surface area contributed by atoms with Gasteiger partial charge >= 0.3 is 0 Å². The molecule has 2 aromatic heterocycles. The van der Waals surface area contributed by atoms with E-state index in [2.05, 4.69) is 67.8 Å². The molecule has 2 aromatic rings. The maximum atomic E-state index is 4.61. The predicted molar refractivity (Wildman–Crippen MR) is 81.7 cm³/mol. The van der Waals surface area contributed by atoms with E-state index in [0.29, 0.717) is 0 Å². The maximum absolute atomic E-state index is 4.61. The lowest BCUT2D eigenvalue weighted by molar-refractivity contribution is 0.417. The summed E-state index contributed by atoms with van der Waals surface area (Å²) in [7, 11) is 0. The van der Waals surface area contributed by atoms with Crippen molar-refractivity contribution in [1.82, 2.24) is 14.9 Å². The molecule has 0 amide bonds. The van der Waals surface area contributed by atoms with Crippen LogP contribution in [-0.2, 0) is 13.1 Å². The summed E-state index contributed by atoms with van der Waals surface area (Å²) in [5, 5.41) is 4.71. The number of nitrogens with one attached hydrogen (secondary N) is 1. The van der Waals surface area contributed by atoms with Gasteiger partial charge in [-0.25, -0.2) is 4.98 Å². The number of thiazole rings is 1. The first-order valence-electron chi connectivity index (χ1n) is 6.67. The van der Waals surface area contributed by atoms with Gasteiger partial charge in [0.05, 0.1) is 12.2 Å². The van der Waals surface area contributed by atoms with Crippen molar-refractivity contribution in [3.63, 3.8) is 0 Å². The molecule has 2 heterocycles. The summed E-state index contributed by atoms with van der Waals surface area (Å²) in [5.41, 5.74) is 2.60. The molecule has 0 fully saturated rings. The first-order chi connectivity index (χ1) is 8.85. The lowest BCUT2D eigenvalue weighted by Gasteiger charge is -2.21. The molecule has 0 atom stereocenters. The van der Waals surface area contributed by atoms with Crippen molar-refractivity contribution >= 4 is 11.3 Å². The number of aryl methyl sites for hydroxylation is 2. The Morgan fingerprint density at radius 2 is 2.05 bits per heavy atom. The molecule has 0 aliphatic heterocycles. The van der Waals surface area contributed by atoms with Crippen LogP contribution in [0.5, 0.6) is 0 Å². The molecule has 0 saturated heterocycles. The summed E-state index contributed by atoms with van der Waals surface area (Å²) in [6.07, 6.45) is 2.13. The fourth-order valence-corrected chi connectivity index (χ4v) is 2.81. The van der Waals surface area contributed by atoms with Gasteiger partial charge in [0.15, 0.2) is 0 Å². The summed E-state index contributed by atoms with van der Waals surface area (Å²) >= 11 is 1.79. The minimum Gasteiger partial charge on any atom is -0.343 e. The molecule has 3 nitrogen and oxygen atoms in total. The monoisotopic (exact) mass is 277 g/mol. The zero-order valence-electron chi connectivity index (χ0n) is 12.4. The summed E-state index contributed by atoms with van der Waals surface area (Å²) in [6.45, 7) is 12.5. The minimum atomic E-state index is 0.142. The van der Waals surface area contributed by atoms with E-state index < -0.39 is 0 Å². The van der Waals surface area contributed by atoms with E-state index >= 15 is 0 Å². The number of aromatic nitrogens is 2. The molecule has 0 aromatic carbocycles. The third-order valence-corrected chi connectivity index (χ3v) is 4.16. The van der Waals surface area contributed by atoms with Gasteiger partial charge in [-0.2, -0.15) is 0 Å². The largest absolute Gasteiger partial charge is 0.343 e. The van der Waals surface area contributed by atoms with Crippen molar-refractivity contribution in [3.8, 4) is 0 Å². The number of hydrogen-bond acceptors (Lipinski definition) is 3. The van der Waals surface area contributed by atoms with Gasteiger partial charge in [-0.3, -0.25) is 0 Å². The van der Waals surface area contributed by atoms with Crippen LogP contribution in [0.25, 0.3) is 0 Å². The van der Waals surface area contributed by atoms with Crippen LogP contribution in [0.4, 0.5) is 0 Å². The molecule has 19 heavy (non-hydrogen) atoms. The Kier molecular flexibility index (Phi) is 4.11. The van der Waals surface area contributed by atoms with E-state index in [4.69, 9.17) is 0 Å². The average Bonchev–Trinajstić information content (AvgIpc) is 2.84. The van der Waals surface area contributed by atoms with Crippen LogP contribution < -0.4 is 5.32 Å². The Labute approximate surface area is 119 Å². The van der Waals surface area contributed by atoms with Crippen molar-refractivity contribution in [1.29, 1.82) is 0 Å². The SMILES string of the molecule is Cc1nc(Cn2cccc2CNC(C)(C)C)sc1C. The molecule has 0 aliphatic carbocycles. The topological polar surface area (TPSA) is 29.9 Å². The Morgan fingerprint density at radius 3 is 2.63 bits per heavy atom. The zero-order chi connectivity index (χ0) is 14.0. The highest BCUT2D eigenvalue weighted by atomic mass is 32.1. The second-order valence-corrected chi connectivity index (χ2v) is 7.27. The maximum Gasteiger partial charge on any atom is 0.113 e. The first kappa shape index (κ1) is 14.3. The highest BCUT2D eigenvalue weighted by Gasteiger charge is 2.11. The average molecular weight is 277 g/mol. The van der Waals surface area contributed by atoms with Crippen LogP contribution in [-0.4, -0.2) is 15.1 Å². The standard InChI is InChI=1S/C15H23N3S/c1-11-12(2)19-14(17-11)10-18-8-6-7-13(18)9-16-15(3,4)5/h6-8,16H,9-10H2,1-5H3. The highest BCUT2D eigenvalue weighted by Crippen LogP contribution is 2.18. The van der Waals surface area contributed by atoms with Gasteiger partial charge in [0.1, 0.15) is 5.01 Å². The fraction of sp³-hybridized carbons (Fsp3) is 0.533. The third-order valence-electron chi connectivity index (χ3n) is 3.10. The van der Waals surface area contributed by atoms with Gasteiger partial charge in [-0.05, 0) is 46.8 Å². The molecular formula is C15H23N3S. The van der Waals surface area contributed by atoms with E-state index in [1.807, 2.05) is 0 Å². The van der Waals surface area contributed by atoms with Crippen molar-refractivity contribution in [2.75, 3.05) is 0 Å². The summed E-state index contributed by atoms with van der Waals surface area (Å²) in [4.78, 5) is 5.93. The minimum absolute atomic E-state index is 0.142. The van der Waals surface area contributed by atoms with Crippen LogP contribution in [0.2, 0.25) is 0 Å². The smallest absolute Gasteiger partial charge is 0.113 e. The van der Waals surface area contributed by atoms with Crippen LogP contribution in [0.1, 0.15) is 42.0 Å². The van der Waals surface area contributed by atoms with Crippen molar-refractivity contribution in [3.05, 3.63) is 39.6 Å². The molecular weight excluding hydrogens is 254 g/mol. The van der Waals surface area contributed by atoms with E-state index in [9.17, 15) is 0 Å². The molecule has 0 spiro atoms. The van der Waals surface area contributed by atoms with Gasteiger partial charge in [-0.1, -0.05) is 0 Å². The number of nitrogens with zero attached hydrogens (tertiary/aromatic N) is 2. The van der Waals surface area contributed by atoms with Crippen LogP contribution in [0.3, 0.4) is 0 Å². The van der Waals surface area contributed by atoms with Gasteiger partial charge in [0.2, 0.25) is 0 Å². The molecule has 0 saturated carbocycles. The molecule has 1 N–H and O–H groups in total. The lowest BCUT2D eigenvalue weighted by Crippen LogP contribution is -2.35. The lowest BCUT2D eigenvalue weighted by atomic mass is 10.1. The normalized spacial score (nSPS) is 12.1. The van der Waals surface area contributed by atoms with Crippen LogP contribution in [0.15, 0.2) is 18.3 Å². The summed E-state index contributed by atoms with van der Waals surface area (Å²) < 4.78 is 2.27. The van der Waals surface area contributed by atoms with Gasteiger partial charge in [-0.15, -0.1) is 11.3 Å². The first-order valence-corrected chi connectivity index (χ1v) is 7.49. The van der Waals surface area contributed by atoms with Crippen molar-refractivity contribution < 1.29 is 0 Å². The molecule has 2 rings (SSSR count). The molecule has 104 valence electrons. The third kappa shape index (κ3) is 3.91. The molecule has 0 unspecified atom stereocenters. The molecule has 4 heteroatoms. The van der Waals surface area contributed by atoms with E-state index in [-0.39, 0.29) is 5.54 Å². The second-order valence-electron chi connectivity index (χ2n) is 5.98. The van der Waals surface area contributed by atoms with Gasteiger partial charge in [0, 0.05) is 28.9 Å².